The molecule has 0 aliphatic heterocycles. The van der Waals surface area contributed by atoms with Crippen LogP contribution in [0.3, 0.4) is 0 Å². The third-order valence-corrected chi connectivity index (χ3v) is 4.69. The van der Waals surface area contributed by atoms with Crippen molar-refractivity contribution >= 4 is 29.2 Å². The smallest absolute Gasteiger partial charge is 0.308 e. The highest BCUT2D eigenvalue weighted by Gasteiger charge is 2.17. The molecule has 176 valence electrons. The Hall–Kier alpha value is -4.53. The summed E-state index contributed by atoms with van der Waals surface area (Å²) in [6.45, 7) is 1.29. The average molecular weight is 464 g/mol. The molecule has 0 bridgehead atoms. The Kier molecular flexibility index (Phi) is 7.71. The molecule has 0 aromatic heterocycles. The maximum absolute atomic E-state index is 12.7. The first-order chi connectivity index (χ1) is 16.3. The van der Waals surface area contributed by atoms with Gasteiger partial charge in [-0.3, -0.25) is 14.4 Å². The van der Waals surface area contributed by atoms with Crippen molar-refractivity contribution in [3.05, 3.63) is 71.8 Å². The van der Waals surface area contributed by atoms with Crippen molar-refractivity contribution in [2.75, 3.05) is 32.0 Å². The Labute approximate surface area is 196 Å². The largest absolute Gasteiger partial charge is 0.493 e. The van der Waals surface area contributed by atoms with Gasteiger partial charge in [-0.2, -0.15) is 0 Å². The zero-order valence-corrected chi connectivity index (χ0v) is 19.1. The van der Waals surface area contributed by atoms with Crippen LogP contribution < -0.4 is 29.6 Å². The summed E-state index contributed by atoms with van der Waals surface area (Å²) >= 11 is 0. The van der Waals surface area contributed by atoms with Gasteiger partial charge in [0.2, 0.25) is 5.75 Å². The summed E-state index contributed by atoms with van der Waals surface area (Å²) in [6, 6.07) is 16.0. The van der Waals surface area contributed by atoms with E-state index in [1.165, 1.54) is 34.3 Å². The van der Waals surface area contributed by atoms with Gasteiger partial charge in [0.15, 0.2) is 11.5 Å². The van der Waals surface area contributed by atoms with Gasteiger partial charge in [0, 0.05) is 29.4 Å². The molecule has 0 aliphatic rings. The first-order valence-corrected chi connectivity index (χ1v) is 10.2. The van der Waals surface area contributed by atoms with Gasteiger partial charge in [-0.15, -0.1) is 0 Å². The molecule has 0 radical (unpaired) electrons. The van der Waals surface area contributed by atoms with Crippen LogP contribution in [0.25, 0.3) is 0 Å². The van der Waals surface area contributed by atoms with Gasteiger partial charge in [0.25, 0.3) is 11.8 Å². The summed E-state index contributed by atoms with van der Waals surface area (Å²) in [7, 11) is 4.42. The molecule has 34 heavy (non-hydrogen) atoms. The molecule has 0 unspecified atom stereocenters. The predicted molar refractivity (Wildman–Crippen MR) is 126 cm³/mol. The van der Waals surface area contributed by atoms with E-state index in [-0.39, 0.29) is 17.6 Å². The molecule has 9 heteroatoms. The summed E-state index contributed by atoms with van der Waals surface area (Å²) in [5, 5.41) is 5.54. The lowest BCUT2D eigenvalue weighted by Crippen LogP contribution is -2.14. The fourth-order valence-electron chi connectivity index (χ4n) is 3.12. The number of nitrogens with one attached hydrogen (secondary N) is 2. The number of benzene rings is 3. The Morgan fingerprint density at radius 3 is 1.68 bits per heavy atom. The van der Waals surface area contributed by atoms with Gasteiger partial charge in [-0.1, -0.05) is 6.07 Å². The third-order valence-electron chi connectivity index (χ3n) is 4.69. The Morgan fingerprint density at radius 1 is 0.676 bits per heavy atom. The van der Waals surface area contributed by atoms with Gasteiger partial charge in [-0.05, 0) is 54.6 Å². The number of methoxy groups -OCH3 is 3. The zero-order chi connectivity index (χ0) is 24.7. The van der Waals surface area contributed by atoms with Crippen molar-refractivity contribution < 1.29 is 33.3 Å². The minimum Gasteiger partial charge on any atom is -0.493 e. The Balaban J connectivity index is 1.69. The van der Waals surface area contributed by atoms with Gasteiger partial charge in [0.05, 0.1) is 21.3 Å². The van der Waals surface area contributed by atoms with Crippen LogP contribution in [0.1, 0.15) is 27.6 Å². The summed E-state index contributed by atoms with van der Waals surface area (Å²) in [6.07, 6.45) is 0. The third kappa shape index (κ3) is 5.83. The number of amides is 2. The number of hydrogen-bond acceptors (Lipinski definition) is 7. The second-order valence-corrected chi connectivity index (χ2v) is 7.02. The molecule has 3 aromatic rings. The fraction of sp³-hybridized carbons (Fsp3) is 0.160. The summed E-state index contributed by atoms with van der Waals surface area (Å²) in [5.74, 6) is 0.180. The van der Waals surface area contributed by atoms with E-state index in [1.54, 1.807) is 54.6 Å². The number of ether oxygens (including phenoxy) is 4. The Morgan fingerprint density at radius 2 is 1.21 bits per heavy atom. The van der Waals surface area contributed by atoms with Crippen LogP contribution in [0.2, 0.25) is 0 Å². The highest BCUT2D eigenvalue weighted by Crippen LogP contribution is 2.38. The molecule has 0 atom stereocenters. The lowest BCUT2D eigenvalue weighted by molar-refractivity contribution is -0.131. The maximum Gasteiger partial charge on any atom is 0.308 e. The minimum absolute atomic E-state index is 0.282. The normalized spacial score (nSPS) is 10.1. The van der Waals surface area contributed by atoms with E-state index in [2.05, 4.69) is 10.6 Å². The quantitative estimate of drug-likeness (QED) is 0.381. The monoisotopic (exact) mass is 464 g/mol. The van der Waals surface area contributed by atoms with Crippen molar-refractivity contribution in [1.82, 2.24) is 0 Å². The molecule has 0 saturated heterocycles. The number of esters is 1. The van der Waals surface area contributed by atoms with Crippen molar-refractivity contribution in [2.24, 2.45) is 0 Å². The molecule has 3 aromatic carbocycles. The highest BCUT2D eigenvalue weighted by molar-refractivity contribution is 6.06. The molecule has 0 saturated carbocycles. The Bertz CT molecular complexity index is 1180. The van der Waals surface area contributed by atoms with Gasteiger partial charge in [-0.25, -0.2) is 0 Å². The molecule has 2 amide bonds. The molecule has 9 nitrogen and oxygen atoms in total. The molecular weight excluding hydrogens is 440 g/mol. The van der Waals surface area contributed by atoms with E-state index in [4.69, 9.17) is 18.9 Å². The van der Waals surface area contributed by atoms with E-state index >= 15 is 0 Å². The second kappa shape index (κ2) is 10.9. The number of hydrogen-bond donors (Lipinski definition) is 2. The second-order valence-electron chi connectivity index (χ2n) is 7.02. The van der Waals surface area contributed by atoms with Crippen LogP contribution in [0.5, 0.6) is 23.0 Å². The van der Waals surface area contributed by atoms with E-state index < -0.39 is 5.97 Å². The van der Waals surface area contributed by atoms with Gasteiger partial charge < -0.3 is 29.6 Å². The first-order valence-electron chi connectivity index (χ1n) is 10.2. The SMILES string of the molecule is COc1cc(C(=O)Nc2ccc(NC(=O)c3cccc(OC(C)=O)c3)cc2)cc(OC)c1OC. The lowest BCUT2D eigenvalue weighted by Gasteiger charge is -2.14. The van der Waals surface area contributed by atoms with Crippen LogP contribution in [0.4, 0.5) is 11.4 Å². The summed E-state index contributed by atoms with van der Waals surface area (Å²) in [5.41, 5.74) is 1.69. The van der Waals surface area contributed by atoms with Crippen molar-refractivity contribution in [1.29, 1.82) is 0 Å². The molecule has 0 spiro atoms. The van der Waals surface area contributed by atoms with E-state index in [1.807, 2.05) is 0 Å². The van der Waals surface area contributed by atoms with E-state index in [0.717, 1.165) is 0 Å². The van der Waals surface area contributed by atoms with Crippen LogP contribution in [0, 0.1) is 0 Å². The van der Waals surface area contributed by atoms with Crippen molar-refractivity contribution in [2.45, 2.75) is 6.92 Å². The summed E-state index contributed by atoms with van der Waals surface area (Å²) < 4.78 is 20.8. The topological polar surface area (TPSA) is 112 Å². The highest BCUT2D eigenvalue weighted by atomic mass is 16.5. The molecular formula is C25H24N2O7. The van der Waals surface area contributed by atoms with Gasteiger partial charge >= 0.3 is 5.97 Å². The number of carbonyl (C=O) groups excluding carboxylic acids is 3. The number of carbonyl (C=O) groups is 3. The minimum atomic E-state index is -0.471. The molecule has 2 N–H and O–H groups in total. The molecule has 0 fully saturated rings. The van der Waals surface area contributed by atoms with E-state index in [0.29, 0.717) is 39.8 Å². The lowest BCUT2D eigenvalue weighted by atomic mass is 10.1. The van der Waals surface area contributed by atoms with Crippen LogP contribution in [-0.2, 0) is 4.79 Å². The molecule has 3 rings (SSSR count). The van der Waals surface area contributed by atoms with Gasteiger partial charge in [0.1, 0.15) is 5.75 Å². The van der Waals surface area contributed by atoms with E-state index in [9.17, 15) is 14.4 Å². The van der Waals surface area contributed by atoms with Crippen LogP contribution >= 0.6 is 0 Å². The van der Waals surface area contributed by atoms with Crippen LogP contribution in [-0.4, -0.2) is 39.1 Å². The number of anilines is 2. The standard InChI is InChI=1S/C25H24N2O7/c1-15(28)34-20-7-5-6-16(12-20)24(29)26-18-8-10-19(11-9-18)27-25(30)17-13-21(31-2)23(33-4)22(14-17)32-3/h5-14H,1-4H3,(H,26,29)(H,27,30). The summed E-state index contributed by atoms with van der Waals surface area (Å²) in [4.78, 5) is 36.4. The maximum atomic E-state index is 12.7. The predicted octanol–water partition coefficient (Wildman–Crippen LogP) is 4.14. The first kappa shape index (κ1) is 24.1. The van der Waals surface area contributed by atoms with Crippen molar-refractivity contribution in [3.8, 4) is 23.0 Å². The van der Waals surface area contributed by atoms with Crippen LogP contribution in [0.15, 0.2) is 60.7 Å². The fourth-order valence-corrected chi connectivity index (χ4v) is 3.12. The van der Waals surface area contributed by atoms with Crippen molar-refractivity contribution in [3.63, 3.8) is 0 Å². The number of rotatable bonds is 8. The molecule has 0 aliphatic carbocycles. The molecule has 0 heterocycles. The zero-order valence-electron chi connectivity index (χ0n) is 19.1. The average Bonchev–Trinajstić information content (AvgIpc) is 2.83.